The summed E-state index contributed by atoms with van der Waals surface area (Å²) < 4.78 is 40.2. The minimum atomic E-state index is -3.66. The van der Waals surface area contributed by atoms with Gasteiger partial charge in [-0.2, -0.15) is 0 Å². The fourth-order valence-electron chi connectivity index (χ4n) is 1.43. The maximum Gasteiger partial charge on any atom is 0.240 e. The van der Waals surface area contributed by atoms with Crippen LogP contribution in [-0.4, -0.2) is 14.5 Å². The number of benzene rings is 1. The molecule has 0 bridgehead atoms. The molecule has 0 spiro atoms. The highest BCUT2D eigenvalue weighted by atomic mass is 79.9. The maximum atomic E-state index is 13.3. The van der Waals surface area contributed by atoms with Crippen molar-refractivity contribution >= 4 is 26.0 Å². The highest BCUT2D eigenvalue weighted by Gasteiger charge is 2.21. The minimum Gasteiger partial charge on any atom is -0.208 e. The first-order valence-electron chi connectivity index (χ1n) is 5.75. The van der Waals surface area contributed by atoms with Crippen LogP contribution in [0.1, 0.15) is 27.2 Å². The lowest BCUT2D eigenvalue weighted by atomic mass is 10.0. The molecule has 1 aromatic carbocycles. The van der Waals surface area contributed by atoms with Crippen molar-refractivity contribution in [2.45, 2.75) is 38.1 Å². The lowest BCUT2D eigenvalue weighted by Crippen LogP contribution is -2.36. The Bertz CT molecular complexity index is 519. The van der Waals surface area contributed by atoms with Gasteiger partial charge in [-0.15, -0.1) is 0 Å². The van der Waals surface area contributed by atoms with Crippen molar-refractivity contribution in [3.63, 3.8) is 0 Å². The zero-order valence-corrected chi connectivity index (χ0v) is 13.0. The van der Waals surface area contributed by atoms with Crippen LogP contribution in [0.4, 0.5) is 4.39 Å². The second-order valence-electron chi connectivity index (χ2n) is 4.37. The van der Waals surface area contributed by atoms with Crippen LogP contribution in [0.15, 0.2) is 27.6 Å². The third-order valence-corrected chi connectivity index (χ3v) is 5.24. The van der Waals surface area contributed by atoms with E-state index in [-0.39, 0.29) is 21.3 Å². The molecule has 102 valence electrons. The summed E-state index contributed by atoms with van der Waals surface area (Å²) in [6, 6.07) is 3.58. The van der Waals surface area contributed by atoms with Gasteiger partial charge in [-0.25, -0.2) is 17.5 Å². The Morgan fingerprint density at radius 2 is 2.00 bits per heavy atom. The highest BCUT2D eigenvalue weighted by molar-refractivity contribution is 9.10. The van der Waals surface area contributed by atoms with Crippen LogP contribution in [0.2, 0.25) is 0 Å². The van der Waals surface area contributed by atoms with Gasteiger partial charge in [0.25, 0.3) is 0 Å². The summed E-state index contributed by atoms with van der Waals surface area (Å²) >= 11 is 2.99. The topological polar surface area (TPSA) is 46.2 Å². The van der Waals surface area contributed by atoms with E-state index in [1.807, 2.05) is 13.8 Å². The van der Waals surface area contributed by atoms with E-state index in [2.05, 4.69) is 20.7 Å². The standard InChI is InChI=1S/C12H17BrFNO2S/c1-4-8(2)9(3)15-18(16,17)10-5-6-11(13)12(14)7-10/h5-9,15H,4H2,1-3H3. The van der Waals surface area contributed by atoms with Crippen LogP contribution in [0, 0.1) is 11.7 Å². The number of halogens is 2. The molecule has 1 rings (SSSR count). The van der Waals surface area contributed by atoms with Gasteiger partial charge in [-0.3, -0.25) is 0 Å². The van der Waals surface area contributed by atoms with Crippen molar-refractivity contribution in [2.24, 2.45) is 5.92 Å². The Morgan fingerprint density at radius 3 is 2.50 bits per heavy atom. The van der Waals surface area contributed by atoms with E-state index in [0.717, 1.165) is 12.5 Å². The predicted octanol–water partition coefficient (Wildman–Crippen LogP) is 3.30. The Morgan fingerprint density at radius 1 is 1.39 bits per heavy atom. The zero-order chi connectivity index (χ0) is 13.9. The fraction of sp³-hybridized carbons (Fsp3) is 0.500. The van der Waals surface area contributed by atoms with Crippen LogP contribution in [0.5, 0.6) is 0 Å². The average molecular weight is 338 g/mol. The molecule has 0 heterocycles. The summed E-state index contributed by atoms with van der Waals surface area (Å²) in [5.41, 5.74) is 0. The van der Waals surface area contributed by atoms with Gasteiger partial charge in [0.05, 0.1) is 9.37 Å². The Kier molecular flexibility index (Phi) is 5.31. The monoisotopic (exact) mass is 337 g/mol. The molecule has 0 amide bonds. The molecular formula is C12H17BrFNO2S. The third-order valence-electron chi connectivity index (χ3n) is 3.04. The van der Waals surface area contributed by atoms with Crippen molar-refractivity contribution in [3.8, 4) is 0 Å². The molecular weight excluding hydrogens is 321 g/mol. The molecule has 18 heavy (non-hydrogen) atoms. The van der Waals surface area contributed by atoms with Gasteiger partial charge in [0, 0.05) is 6.04 Å². The minimum absolute atomic E-state index is 0.0571. The maximum absolute atomic E-state index is 13.3. The van der Waals surface area contributed by atoms with E-state index in [0.29, 0.717) is 0 Å². The lowest BCUT2D eigenvalue weighted by Gasteiger charge is -2.19. The van der Waals surface area contributed by atoms with Crippen molar-refractivity contribution in [1.82, 2.24) is 4.72 Å². The molecule has 0 aliphatic rings. The number of rotatable bonds is 5. The van der Waals surface area contributed by atoms with Crippen LogP contribution >= 0.6 is 15.9 Å². The van der Waals surface area contributed by atoms with Crippen LogP contribution in [-0.2, 0) is 10.0 Å². The Labute approximate surface area is 116 Å². The van der Waals surface area contributed by atoms with Gasteiger partial charge in [0.1, 0.15) is 5.82 Å². The van der Waals surface area contributed by atoms with Gasteiger partial charge < -0.3 is 0 Å². The summed E-state index contributed by atoms with van der Waals surface area (Å²) in [6.45, 7) is 5.77. The van der Waals surface area contributed by atoms with Crippen molar-refractivity contribution < 1.29 is 12.8 Å². The number of hydrogen-bond donors (Lipinski definition) is 1. The molecule has 6 heteroatoms. The SMILES string of the molecule is CCC(C)C(C)NS(=O)(=O)c1ccc(Br)c(F)c1. The molecule has 1 aromatic rings. The van der Waals surface area contributed by atoms with Gasteiger partial charge in [-0.1, -0.05) is 20.3 Å². The molecule has 3 nitrogen and oxygen atoms in total. The number of sulfonamides is 1. The molecule has 0 aliphatic heterocycles. The summed E-state index contributed by atoms with van der Waals surface area (Å²) in [7, 11) is -3.66. The smallest absolute Gasteiger partial charge is 0.208 e. The molecule has 0 aliphatic carbocycles. The van der Waals surface area contributed by atoms with E-state index in [4.69, 9.17) is 0 Å². The van der Waals surface area contributed by atoms with Gasteiger partial charge in [0.2, 0.25) is 10.0 Å². The molecule has 2 unspecified atom stereocenters. The molecule has 0 saturated heterocycles. The Hall–Kier alpha value is -0.460. The molecule has 0 radical (unpaired) electrons. The van der Waals surface area contributed by atoms with Gasteiger partial charge in [-0.05, 0) is 47.0 Å². The van der Waals surface area contributed by atoms with Crippen LogP contribution in [0.3, 0.4) is 0 Å². The average Bonchev–Trinajstić information content (AvgIpc) is 2.30. The van der Waals surface area contributed by atoms with Crippen LogP contribution < -0.4 is 4.72 Å². The molecule has 0 fully saturated rings. The summed E-state index contributed by atoms with van der Waals surface area (Å²) in [5.74, 6) is -0.367. The van der Waals surface area contributed by atoms with Crippen molar-refractivity contribution in [1.29, 1.82) is 0 Å². The molecule has 2 atom stereocenters. The van der Waals surface area contributed by atoms with E-state index >= 15 is 0 Å². The summed E-state index contributed by atoms with van der Waals surface area (Å²) in [5, 5.41) is 0. The zero-order valence-electron chi connectivity index (χ0n) is 10.6. The van der Waals surface area contributed by atoms with Gasteiger partial charge in [0.15, 0.2) is 0 Å². The first kappa shape index (κ1) is 15.6. The van der Waals surface area contributed by atoms with E-state index in [1.165, 1.54) is 12.1 Å². The Balaban J connectivity index is 2.96. The van der Waals surface area contributed by atoms with Crippen LogP contribution in [0.25, 0.3) is 0 Å². The van der Waals surface area contributed by atoms with Crippen molar-refractivity contribution in [2.75, 3.05) is 0 Å². The highest BCUT2D eigenvalue weighted by Crippen LogP contribution is 2.20. The molecule has 1 N–H and O–H groups in total. The largest absolute Gasteiger partial charge is 0.240 e. The molecule has 0 saturated carbocycles. The second kappa shape index (κ2) is 6.12. The second-order valence-corrected chi connectivity index (χ2v) is 6.94. The first-order valence-corrected chi connectivity index (χ1v) is 8.03. The number of hydrogen-bond acceptors (Lipinski definition) is 2. The first-order chi connectivity index (χ1) is 8.27. The lowest BCUT2D eigenvalue weighted by molar-refractivity contribution is 0.434. The normalized spacial score (nSPS) is 15.4. The quantitative estimate of drug-likeness (QED) is 0.895. The predicted molar refractivity (Wildman–Crippen MR) is 73.3 cm³/mol. The fourth-order valence-corrected chi connectivity index (χ4v) is 3.04. The van der Waals surface area contributed by atoms with E-state index < -0.39 is 15.8 Å². The summed E-state index contributed by atoms with van der Waals surface area (Å²) in [6.07, 6.45) is 0.873. The number of nitrogens with one attached hydrogen (secondary N) is 1. The molecule has 0 aromatic heterocycles. The van der Waals surface area contributed by atoms with Gasteiger partial charge >= 0.3 is 0 Å². The summed E-state index contributed by atoms with van der Waals surface area (Å²) in [4.78, 5) is -0.0571. The van der Waals surface area contributed by atoms with Crippen molar-refractivity contribution in [3.05, 3.63) is 28.5 Å². The third kappa shape index (κ3) is 3.76. The van der Waals surface area contributed by atoms with E-state index in [1.54, 1.807) is 6.92 Å². The van der Waals surface area contributed by atoms with E-state index in [9.17, 15) is 12.8 Å².